The maximum absolute atomic E-state index is 4.28. The highest BCUT2D eigenvalue weighted by atomic mass is 15.3. The van der Waals surface area contributed by atoms with Crippen LogP contribution in [0.3, 0.4) is 0 Å². The third-order valence-electron chi connectivity index (χ3n) is 3.20. The van der Waals surface area contributed by atoms with Gasteiger partial charge in [-0.25, -0.2) is 0 Å². The molecule has 72 valence electrons. The van der Waals surface area contributed by atoms with Crippen molar-refractivity contribution in [3.05, 3.63) is 17.5 Å². The highest BCUT2D eigenvalue weighted by Gasteiger charge is 2.26. The topological polar surface area (TPSA) is 29.9 Å². The van der Waals surface area contributed by atoms with Crippen LogP contribution in [0, 0.1) is 6.92 Å². The van der Waals surface area contributed by atoms with Crippen molar-refractivity contribution in [3.8, 4) is 0 Å². The van der Waals surface area contributed by atoms with Gasteiger partial charge in [0.1, 0.15) is 0 Å². The lowest BCUT2D eigenvalue weighted by atomic mass is 9.93. The lowest BCUT2D eigenvalue weighted by Crippen LogP contribution is -2.21. The number of aromatic nitrogens is 2. The molecule has 1 aliphatic heterocycles. The first-order chi connectivity index (χ1) is 6.20. The Hall–Kier alpha value is -0.830. The molecule has 2 heterocycles. The summed E-state index contributed by atoms with van der Waals surface area (Å²) in [5, 5.41) is 7.75. The first-order valence-electron chi connectivity index (χ1n) is 4.92. The lowest BCUT2D eigenvalue weighted by molar-refractivity contribution is 0.590. The summed E-state index contributed by atoms with van der Waals surface area (Å²) in [6.45, 7) is 5.54. The molecule has 1 aromatic heterocycles. The van der Waals surface area contributed by atoms with Gasteiger partial charge >= 0.3 is 0 Å². The van der Waals surface area contributed by atoms with Crippen LogP contribution >= 0.6 is 0 Å². The summed E-state index contributed by atoms with van der Waals surface area (Å²) in [6.07, 6.45) is 3.26. The maximum atomic E-state index is 4.28. The van der Waals surface area contributed by atoms with Crippen molar-refractivity contribution in [1.29, 1.82) is 0 Å². The number of nitrogens with zero attached hydrogens (tertiary/aromatic N) is 2. The molecule has 0 spiro atoms. The molecule has 1 aliphatic rings. The molecule has 2 rings (SSSR count). The number of aryl methyl sites for hydroxylation is 1. The van der Waals surface area contributed by atoms with E-state index in [9.17, 15) is 0 Å². The van der Waals surface area contributed by atoms with E-state index in [1.54, 1.807) is 0 Å². The SMILES string of the molecule is Cc1c(C2CCNC2C)cnn1C. The summed E-state index contributed by atoms with van der Waals surface area (Å²) in [6, 6.07) is 0.600. The minimum atomic E-state index is 0.600. The van der Waals surface area contributed by atoms with Crippen molar-refractivity contribution < 1.29 is 0 Å². The molecule has 2 atom stereocenters. The van der Waals surface area contributed by atoms with E-state index in [4.69, 9.17) is 0 Å². The zero-order chi connectivity index (χ0) is 9.42. The number of rotatable bonds is 1. The van der Waals surface area contributed by atoms with Gasteiger partial charge in [0.15, 0.2) is 0 Å². The van der Waals surface area contributed by atoms with Gasteiger partial charge < -0.3 is 5.32 Å². The van der Waals surface area contributed by atoms with Crippen LogP contribution in [0.15, 0.2) is 6.20 Å². The van der Waals surface area contributed by atoms with Crippen molar-refractivity contribution in [2.45, 2.75) is 32.2 Å². The van der Waals surface area contributed by atoms with Crippen LogP contribution in [0.1, 0.15) is 30.5 Å². The normalized spacial score (nSPS) is 28.2. The fourth-order valence-corrected chi connectivity index (χ4v) is 2.16. The zero-order valence-electron chi connectivity index (χ0n) is 8.54. The van der Waals surface area contributed by atoms with Gasteiger partial charge in [0.25, 0.3) is 0 Å². The highest BCUT2D eigenvalue weighted by molar-refractivity contribution is 5.24. The van der Waals surface area contributed by atoms with Gasteiger partial charge in [-0.2, -0.15) is 5.10 Å². The summed E-state index contributed by atoms with van der Waals surface area (Å²) in [7, 11) is 2.01. The fraction of sp³-hybridized carbons (Fsp3) is 0.700. The Morgan fingerprint density at radius 3 is 2.85 bits per heavy atom. The Labute approximate surface area is 79.1 Å². The predicted molar refractivity (Wildman–Crippen MR) is 52.8 cm³/mol. The molecule has 1 saturated heterocycles. The third-order valence-corrected chi connectivity index (χ3v) is 3.20. The third kappa shape index (κ3) is 1.37. The second kappa shape index (κ2) is 3.14. The molecule has 1 aromatic rings. The van der Waals surface area contributed by atoms with E-state index in [0.717, 1.165) is 6.54 Å². The fourth-order valence-electron chi connectivity index (χ4n) is 2.16. The van der Waals surface area contributed by atoms with Crippen molar-refractivity contribution in [1.82, 2.24) is 15.1 Å². The number of hydrogen-bond acceptors (Lipinski definition) is 2. The van der Waals surface area contributed by atoms with Crippen LogP contribution in [0.4, 0.5) is 0 Å². The van der Waals surface area contributed by atoms with Gasteiger partial charge in [0.05, 0.1) is 6.20 Å². The molecular formula is C10H17N3. The standard InChI is InChI=1S/C10H17N3/c1-7-9(4-5-11-7)10-6-12-13(3)8(10)2/h6-7,9,11H,4-5H2,1-3H3. The van der Waals surface area contributed by atoms with E-state index in [-0.39, 0.29) is 0 Å². The van der Waals surface area contributed by atoms with Crippen molar-refractivity contribution in [2.75, 3.05) is 6.54 Å². The van der Waals surface area contributed by atoms with E-state index < -0.39 is 0 Å². The van der Waals surface area contributed by atoms with Crippen molar-refractivity contribution >= 4 is 0 Å². The monoisotopic (exact) mass is 179 g/mol. The van der Waals surface area contributed by atoms with Crippen LogP contribution in [-0.2, 0) is 7.05 Å². The van der Waals surface area contributed by atoms with Crippen LogP contribution in [0.25, 0.3) is 0 Å². The number of hydrogen-bond donors (Lipinski definition) is 1. The zero-order valence-corrected chi connectivity index (χ0v) is 8.54. The smallest absolute Gasteiger partial charge is 0.0527 e. The van der Waals surface area contributed by atoms with E-state index in [0.29, 0.717) is 12.0 Å². The van der Waals surface area contributed by atoms with Gasteiger partial charge in [-0.05, 0) is 32.4 Å². The summed E-state index contributed by atoms with van der Waals surface area (Å²) in [5.41, 5.74) is 2.72. The molecule has 0 aliphatic carbocycles. The number of nitrogens with one attached hydrogen (secondary N) is 1. The Balaban J connectivity index is 2.29. The van der Waals surface area contributed by atoms with E-state index in [1.807, 2.05) is 17.9 Å². The minimum absolute atomic E-state index is 0.600. The van der Waals surface area contributed by atoms with Gasteiger partial charge in [-0.1, -0.05) is 0 Å². The second-order valence-corrected chi connectivity index (χ2v) is 3.95. The Kier molecular flexibility index (Phi) is 2.12. The molecule has 1 fully saturated rings. The summed E-state index contributed by atoms with van der Waals surface area (Å²) in [5.74, 6) is 0.661. The summed E-state index contributed by atoms with van der Waals surface area (Å²) < 4.78 is 1.96. The highest BCUT2D eigenvalue weighted by Crippen LogP contribution is 2.29. The quantitative estimate of drug-likeness (QED) is 0.702. The van der Waals surface area contributed by atoms with Crippen LogP contribution in [0.5, 0.6) is 0 Å². The average Bonchev–Trinajstić information content (AvgIpc) is 2.62. The van der Waals surface area contributed by atoms with E-state index >= 15 is 0 Å². The molecule has 2 unspecified atom stereocenters. The van der Waals surface area contributed by atoms with Gasteiger partial charge in [-0.15, -0.1) is 0 Å². The molecular weight excluding hydrogens is 162 g/mol. The molecule has 0 saturated carbocycles. The molecule has 3 nitrogen and oxygen atoms in total. The first-order valence-corrected chi connectivity index (χ1v) is 4.92. The minimum Gasteiger partial charge on any atom is -0.314 e. The average molecular weight is 179 g/mol. The maximum Gasteiger partial charge on any atom is 0.0527 e. The largest absolute Gasteiger partial charge is 0.314 e. The van der Waals surface area contributed by atoms with E-state index in [2.05, 4.69) is 24.3 Å². The van der Waals surface area contributed by atoms with Crippen LogP contribution < -0.4 is 5.32 Å². The predicted octanol–water partition coefficient (Wildman–Crippen LogP) is 1.19. The van der Waals surface area contributed by atoms with Crippen molar-refractivity contribution in [2.24, 2.45) is 7.05 Å². The Bertz CT molecular complexity index is 303. The van der Waals surface area contributed by atoms with Crippen LogP contribution in [0.2, 0.25) is 0 Å². The van der Waals surface area contributed by atoms with E-state index in [1.165, 1.54) is 17.7 Å². The molecule has 1 N–H and O–H groups in total. The Morgan fingerprint density at radius 2 is 2.38 bits per heavy atom. The summed E-state index contributed by atoms with van der Waals surface area (Å²) in [4.78, 5) is 0. The molecule has 0 bridgehead atoms. The van der Waals surface area contributed by atoms with Crippen molar-refractivity contribution in [3.63, 3.8) is 0 Å². The van der Waals surface area contributed by atoms with Gasteiger partial charge in [-0.3, -0.25) is 4.68 Å². The van der Waals surface area contributed by atoms with Gasteiger partial charge in [0, 0.05) is 24.7 Å². The Morgan fingerprint density at radius 1 is 1.62 bits per heavy atom. The summed E-state index contributed by atoms with van der Waals surface area (Å²) >= 11 is 0. The van der Waals surface area contributed by atoms with Crippen LogP contribution in [-0.4, -0.2) is 22.4 Å². The first kappa shape index (κ1) is 8.75. The molecule has 0 amide bonds. The molecule has 0 aromatic carbocycles. The second-order valence-electron chi connectivity index (χ2n) is 3.95. The molecule has 13 heavy (non-hydrogen) atoms. The van der Waals surface area contributed by atoms with Gasteiger partial charge in [0.2, 0.25) is 0 Å². The lowest BCUT2D eigenvalue weighted by Gasteiger charge is -2.14. The molecule has 0 radical (unpaired) electrons. The molecule has 3 heteroatoms.